The summed E-state index contributed by atoms with van der Waals surface area (Å²) in [4.78, 5) is 47.8. The standard InChI is InChI=1S/C44H29NO3/c46-40-38-39(41(47)45(40)26-28-16-13-15-27-14-7-8-21-31(27)28)44(30-19-5-2-6-20-30)37-35-25-12-10-23-33(35)32-22-9-11-24-34(32)36(37)43(38,42(44)48)29-17-3-1-4-18-29/h1-25,38-39H,26H2/t38-,39+,43+,44-. The predicted molar refractivity (Wildman–Crippen MR) is 187 cm³/mol. The van der Waals surface area contributed by atoms with Gasteiger partial charge in [0.1, 0.15) is 0 Å². The number of carbonyl (C=O) groups is 3. The van der Waals surface area contributed by atoms with Gasteiger partial charge in [-0.25, -0.2) is 0 Å². The number of ketones is 1. The van der Waals surface area contributed by atoms with E-state index in [1.54, 1.807) is 0 Å². The third-order valence-corrected chi connectivity index (χ3v) is 11.4. The molecular formula is C44H29NO3. The average molecular weight is 620 g/mol. The second-order valence-corrected chi connectivity index (χ2v) is 13.4. The van der Waals surface area contributed by atoms with Gasteiger partial charge in [0, 0.05) is 0 Å². The topological polar surface area (TPSA) is 54.5 Å². The van der Waals surface area contributed by atoms with E-state index in [2.05, 4.69) is 24.3 Å². The number of benzene rings is 7. The molecule has 2 amide bonds. The first-order chi connectivity index (χ1) is 23.6. The van der Waals surface area contributed by atoms with Crippen LogP contribution in [0.5, 0.6) is 0 Å². The minimum absolute atomic E-state index is 0.0783. The summed E-state index contributed by atoms with van der Waals surface area (Å²) in [7, 11) is 0. The molecule has 0 N–H and O–H groups in total. The fourth-order valence-electron chi connectivity index (χ4n) is 9.76. The number of carbonyl (C=O) groups excluding carboxylic acids is 3. The first-order valence-electron chi connectivity index (χ1n) is 16.5. The van der Waals surface area contributed by atoms with Crippen LogP contribution in [0.25, 0.3) is 32.3 Å². The largest absolute Gasteiger partial charge is 0.297 e. The minimum Gasteiger partial charge on any atom is -0.297 e. The third kappa shape index (κ3) is 3.08. The van der Waals surface area contributed by atoms with E-state index < -0.39 is 22.7 Å². The lowest BCUT2D eigenvalue weighted by Crippen LogP contribution is -2.44. The highest BCUT2D eigenvalue weighted by Crippen LogP contribution is 2.72. The molecule has 7 aromatic carbocycles. The van der Waals surface area contributed by atoms with Crippen LogP contribution in [-0.4, -0.2) is 22.5 Å². The highest BCUT2D eigenvalue weighted by molar-refractivity contribution is 6.29. The molecule has 2 bridgehead atoms. The van der Waals surface area contributed by atoms with Crippen LogP contribution >= 0.6 is 0 Å². The summed E-state index contributed by atoms with van der Waals surface area (Å²) in [6.45, 7) is 0.147. The van der Waals surface area contributed by atoms with Gasteiger partial charge < -0.3 is 0 Å². The first kappa shape index (κ1) is 27.3. The van der Waals surface area contributed by atoms with Crippen LogP contribution in [0.2, 0.25) is 0 Å². The highest BCUT2D eigenvalue weighted by Gasteiger charge is 2.82. The van der Waals surface area contributed by atoms with Crippen molar-refractivity contribution in [3.05, 3.63) is 179 Å². The SMILES string of the molecule is O=C1[C@@H]2[C@H](C(=O)N1Cc1cccc3ccccc13)[C@@]1(c3ccccc3)C(=O)[C@]2(c2ccccc2)c2c1c1ccccc1c1ccccc21. The van der Waals surface area contributed by atoms with Crippen LogP contribution in [0.4, 0.5) is 0 Å². The van der Waals surface area contributed by atoms with Crippen molar-refractivity contribution in [1.82, 2.24) is 4.90 Å². The maximum atomic E-state index is 16.0. The molecule has 1 heterocycles. The van der Waals surface area contributed by atoms with Gasteiger partial charge in [-0.15, -0.1) is 0 Å². The lowest BCUT2D eigenvalue weighted by Gasteiger charge is -2.38. The van der Waals surface area contributed by atoms with E-state index in [0.717, 1.165) is 60.1 Å². The van der Waals surface area contributed by atoms with Gasteiger partial charge in [0.25, 0.3) is 0 Å². The number of fused-ring (bicyclic) bond motifs is 14. The number of imide groups is 1. The second kappa shape index (κ2) is 9.58. The van der Waals surface area contributed by atoms with Crippen molar-refractivity contribution in [3.63, 3.8) is 0 Å². The maximum absolute atomic E-state index is 16.0. The van der Waals surface area contributed by atoms with Crippen molar-refractivity contribution in [2.75, 3.05) is 0 Å². The van der Waals surface area contributed by atoms with E-state index in [4.69, 9.17) is 0 Å². The van der Waals surface area contributed by atoms with E-state index >= 15 is 14.4 Å². The molecule has 7 aromatic rings. The van der Waals surface area contributed by atoms with Crippen molar-refractivity contribution in [2.24, 2.45) is 11.8 Å². The Labute approximate surface area is 277 Å². The molecule has 3 aliphatic rings. The summed E-state index contributed by atoms with van der Waals surface area (Å²) in [6.07, 6.45) is 0. The van der Waals surface area contributed by atoms with E-state index in [9.17, 15) is 0 Å². The van der Waals surface area contributed by atoms with Gasteiger partial charge in [-0.3, -0.25) is 19.3 Å². The zero-order valence-corrected chi connectivity index (χ0v) is 26.0. The number of rotatable bonds is 4. The third-order valence-electron chi connectivity index (χ3n) is 11.4. The molecule has 228 valence electrons. The van der Waals surface area contributed by atoms with Crippen LogP contribution in [0, 0.1) is 11.8 Å². The first-order valence-corrected chi connectivity index (χ1v) is 16.5. The Morgan fingerprint density at radius 1 is 0.438 bits per heavy atom. The average Bonchev–Trinajstić information content (AvgIpc) is 3.65. The van der Waals surface area contributed by atoms with Crippen molar-refractivity contribution in [3.8, 4) is 0 Å². The molecule has 2 fully saturated rings. The smallest absolute Gasteiger partial charge is 0.235 e. The molecule has 10 rings (SSSR count). The molecule has 0 aromatic heterocycles. The Morgan fingerprint density at radius 2 is 0.854 bits per heavy atom. The molecule has 1 aliphatic heterocycles. The number of hydrogen-bond acceptors (Lipinski definition) is 3. The van der Waals surface area contributed by atoms with Crippen molar-refractivity contribution in [1.29, 1.82) is 0 Å². The summed E-state index contributed by atoms with van der Waals surface area (Å²) in [6, 6.07) is 50.0. The fourth-order valence-corrected chi connectivity index (χ4v) is 9.76. The molecule has 4 heteroatoms. The zero-order valence-electron chi connectivity index (χ0n) is 26.0. The van der Waals surface area contributed by atoms with Gasteiger partial charge in [-0.2, -0.15) is 0 Å². The number of Topliss-reactive ketones (excluding diaryl/α,β-unsaturated/α-hetero) is 1. The van der Waals surface area contributed by atoms with E-state index in [-0.39, 0.29) is 24.1 Å². The molecule has 1 saturated carbocycles. The molecule has 4 nitrogen and oxygen atoms in total. The Kier molecular flexibility index (Phi) is 5.44. The summed E-state index contributed by atoms with van der Waals surface area (Å²) < 4.78 is 0. The molecule has 48 heavy (non-hydrogen) atoms. The van der Waals surface area contributed by atoms with E-state index in [1.807, 2.05) is 127 Å². The van der Waals surface area contributed by atoms with Crippen LogP contribution in [-0.2, 0) is 31.8 Å². The Bertz CT molecular complexity index is 2380. The number of likely N-dealkylation sites (tertiary alicyclic amines) is 1. The summed E-state index contributed by atoms with van der Waals surface area (Å²) in [5, 5.41) is 6.03. The van der Waals surface area contributed by atoms with Gasteiger partial charge in [-0.1, -0.05) is 152 Å². The molecule has 2 aliphatic carbocycles. The number of hydrogen-bond donors (Lipinski definition) is 0. The van der Waals surface area contributed by atoms with Gasteiger partial charge >= 0.3 is 0 Å². The molecule has 4 atom stereocenters. The quantitative estimate of drug-likeness (QED) is 0.148. The summed E-state index contributed by atoms with van der Waals surface area (Å²) in [5.74, 6) is -2.43. The normalized spacial score (nSPS) is 24.2. The van der Waals surface area contributed by atoms with E-state index in [0.29, 0.717) is 0 Å². The van der Waals surface area contributed by atoms with Gasteiger partial charge in [-0.05, 0) is 60.1 Å². The van der Waals surface area contributed by atoms with Gasteiger partial charge in [0.05, 0.1) is 29.2 Å². The Balaban J connectivity index is 1.34. The van der Waals surface area contributed by atoms with Crippen LogP contribution in [0.1, 0.15) is 27.8 Å². The fraction of sp³-hybridized carbons (Fsp3) is 0.114. The van der Waals surface area contributed by atoms with Crippen LogP contribution in [0.3, 0.4) is 0 Å². The number of amides is 2. The maximum Gasteiger partial charge on any atom is 0.235 e. The summed E-state index contributed by atoms with van der Waals surface area (Å²) in [5.41, 5.74) is 1.44. The monoisotopic (exact) mass is 619 g/mol. The molecule has 0 spiro atoms. The predicted octanol–water partition coefficient (Wildman–Crippen LogP) is 8.12. The van der Waals surface area contributed by atoms with Crippen molar-refractivity contribution in [2.45, 2.75) is 17.4 Å². The Hall–Kier alpha value is -5.87. The van der Waals surface area contributed by atoms with E-state index in [1.165, 1.54) is 4.90 Å². The van der Waals surface area contributed by atoms with Crippen LogP contribution in [0.15, 0.2) is 152 Å². The van der Waals surface area contributed by atoms with Gasteiger partial charge in [0.15, 0.2) is 5.78 Å². The van der Waals surface area contributed by atoms with Crippen molar-refractivity contribution < 1.29 is 14.4 Å². The zero-order chi connectivity index (χ0) is 32.2. The van der Waals surface area contributed by atoms with Gasteiger partial charge in [0.2, 0.25) is 11.8 Å². The molecule has 1 saturated heterocycles. The lowest BCUT2D eigenvalue weighted by atomic mass is 9.59. The van der Waals surface area contributed by atoms with Crippen LogP contribution < -0.4 is 0 Å². The Morgan fingerprint density at radius 3 is 1.38 bits per heavy atom. The molecule has 0 unspecified atom stereocenters. The second-order valence-electron chi connectivity index (χ2n) is 13.4. The van der Waals surface area contributed by atoms with Crippen molar-refractivity contribution >= 4 is 49.9 Å². The molecular weight excluding hydrogens is 590 g/mol. The summed E-state index contributed by atoms with van der Waals surface area (Å²) >= 11 is 0. The lowest BCUT2D eigenvalue weighted by molar-refractivity contribution is -0.144. The minimum atomic E-state index is -1.36. The number of nitrogens with zero attached hydrogens (tertiary/aromatic N) is 1. The molecule has 0 radical (unpaired) electrons. The highest BCUT2D eigenvalue weighted by atomic mass is 16.2.